The minimum absolute atomic E-state index is 0.0575. The lowest BCUT2D eigenvalue weighted by molar-refractivity contribution is -0.919. The number of hydrogen-bond donors (Lipinski definition) is 2. The molecular weight excluding hydrogens is 336 g/mol. The van der Waals surface area contributed by atoms with Crippen LogP contribution in [-0.4, -0.2) is 25.6 Å². The first-order valence-corrected chi connectivity index (χ1v) is 10.1. The summed E-state index contributed by atoms with van der Waals surface area (Å²) in [5, 5.41) is 3.19. The van der Waals surface area contributed by atoms with Gasteiger partial charge in [-0.2, -0.15) is 0 Å². The van der Waals surface area contributed by atoms with E-state index in [-0.39, 0.29) is 17.9 Å². The molecule has 144 valence electrons. The van der Waals surface area contributed by atoms with Gasteiger partial charge in [0.15, 0.2) is 0 Å². The summed E-state index contributed by atoms with van der Waals surface area (Å²) < 4.78 is 5.75. The topological polar surface area (TPSA) is 42.8 Å². The standard InChI is InChI=1S/C23H30N2O2/c1-3-27-22-12-8-7-11-21(22)17-25-15-13-20(14-16-25)23(26)24-18(2)19-9-5-4-6-10-19/h4-12,18,20H,3,13-17H2,1-2H3,(H,24,26)/p+1/t18-/m1/s1. The number of ether oxygens (including phenoxy) is 1. The summed E-state index contributed by atoms with van der Waals surface area (Å²) in [6.45, 7) is 7.78. The van der Waals surface area contributed by atoms with Crippen LogP contribution in [0.3, 0.4) is 0 Å². The van der Waals surface area contributed by atoms with Crippen LogP contribution in [0.4, 0.5) is 0 Å². The van der Waals surface area contributed by atoms with Crippen LogP contribution in [0, 0.1) is 5.92 Å². The maximum absolute atomic E-state index is 12.6. The Balaban J connectivity index is 1.49. The summed E-state index contributed by atoms with van der Waals surface area (Å²) in [5.41, 5.74) is 2.41. The number of hydrogen-bond acceptors (Lipinski definition) is 2. The van der Waals surface area contributed by atoms with Crippen molar-refractivity contribution in [3.63, 3.8) is 0 Å². The molecule has 1 amide bonds. The highest BCUT2D eigenvalue weighted by Gasteiger charge is 2.28. The van der Waals surface area contributed by atoms with Crippen LogP contribution in [0.2, 0.25) is 0 Å². The summed E-state index contributed by atoms with van der Waals surface area (Å²) in [5.74, 6) is 1.31. The Labute approximate surface area is 162 Å². The molecule has 2 aromatic carbocycles. The van der Waals surface area contributed by atoms with Gasteiger partial charge in [-0.1, -0.05) is 42.5 Å². The summed E-state index contributed by atoms with van der Waals surface area (Å²) in [4.78, 5) is 14.2. The molecule has 1 heterocycles. The van der Waals surface area contributed by atoms with E-state index >= 15 is 0 Å². The van der Waals surface area contributed by atoms with Crippen molar-refractivity contribution in [1.82, 2.24) is 5.32 Å². The quantitative estimate of drug-likeness (QED) is 0.790. The average molecular weight is 368 g/mol. The van der Waals surface area contributed by atoms with Crippen molar-refractivity contribution in [1.29, 1.82) is 0 Å². The van der Waals surface area contributed by atoms with Crippen molar-refractivity contribution in [3.05, 3.63) is 65.7 Å². The first kappa shape index (κ1) is 19.4. The van der Waals surface area contributed by atoms with E-state index in [4.69, 9.17) is 4.74 Å². The van der Waals surface area contributed by atoms with E-state index in [0.29, 0.717) is 6.61 Å². The number of quaternary nitrogens is 1. The molecule has 0 bridgehead atoms. The number of amides is 1. The Morgan fingerprint density at radius 2 is 1.78 bits per heavy atom. The van der Waals surface area contributed by atoms with E-state index in [0.717, 1.165) is 43.8 Å². The number of likely N-dealkylation sites (tertiary alicyclic amines) is 1. The Morgan fingerprint density at radius 1 is 1.11 bits per heavy atom. The highest BCUT2D eigenvalue weighted by atomic mass is 16.5. The summed E-state index contributed by atoms with van der Waals surface area (Å²) in [7, 11) is 0. The number of carbonyl (C=O) groups is 1. The maximum Gasteiger partial charge on any atom is 0.224 e. The van der Waals surface area contributed by atoms with Crippen LogP contribution >= 0.6 is 0 Å². The summed E-state index contributed by atoms with van der Waals surface area (Å²) in [6, 6.07) is 18.5. The predicted molar refractivity (Wildman–Crippen MR) is 108 cm³/mol. The largest absolute Gasteiger partial charge is 0.493 e. The van der Waals surface area contributed by atoms with Crippen molar-refractivity contribution in [2.45, 2.75) is 39.3 Å². The molecule has 0 radical (unpaired) electrons. The molecule has 27 heavy (non-hydrogen) atoms. The monoisotopic (exact) mass is 367 g/mol. The van der Waals surface area contributed by atoms with Gasteiger partial charge in [-0.25, -0.2) is 0 Å². The molecule has 3 rings (SSSR count). The second-order valence-electron chi connectivity index (χ2n) is 7.38. The summed E-state index contributed by atoms with van der Waals surface area (Å²) >= 11 is 0. The van der Waals surface area contributed by atoms with Gasteiger partial charge in [0.2, 0.25) is 5.91 Å². The van der Waals surface area contributed by atoms with Gasteiger partial charge in [0.25, 0.3) is 0 Å². The third-order valence-electron chi connectivity index (χ3n) is 5.43. The number of rotatable bonds is 7. The van der Waals surface area contributed by atoms with Crippen molar-refractivity contribution in [2.24, 2.45) is 5.92 Å². The molecule has 1 atom stereocenters. The van der Waals surface area contributed by atoms with E-state index in [1.54, 1.807) is 0 Å². The van der Waals surface area contributed by atoms with Crippen LogP contribution < -0.4 is 15.0 Å². The van der Waals surface area contributed by atoms with E-state index in [2.05, 4.69) is 36.5 Å². The number of carbonyl (C=O) groups excluding carboxylic acids is 1. The molecule has 1 aliphatic rings. The Hall–Kier alpha value is -2.33. The van der Waals surface area contributed by atoms with Crippen molar-refractivity contribution in [2.75, 3.05) is 19.7 Å². The molecule has 0 aliphatic carbocycles. The minimum Gasteiger partial charge on any atom is -0.493 e. The smallest absolute Gasteiger partial charge is 0.224 e. The van der Waals surface area contributed by atoms with E-state index in [1.165, 1.54) is 10.5 Å². The fraction of sp³-hybridized carbons (Fsp3) is 0.435. The molecule has 0 aromatic heterocycles. The predicted octanol–water partition coefficient (Wildman–Crippen LogP) is 2.76. The van der Waals surface area contributed by atoms with Gasteiger partial charge in [0, 0.05) is 24.3 Å². The number of benzene rings is 2. The van der Waals surface area contributed by atoms with Crippen molar-refractivity contribution in [3.8, 4) is 5.75 Å². The third-order valence-corrected chi connectivity index (χ3v) is 5.43. The van der Waals surface area contributed by atoms with Crippen molar-refractivity contribution >= 4 is 5.91 Å². The van der Waals surface area contributed by atoms with Gasteiger partial charge in [-0.05, 0) is 31.5 Å². The Kier molecular flexibility index (Phi) is 6.88. The number of para-hydroxylation sites is 1. The van der Waals surface area contributed by atoms with E-state index < -0.39 is 0 Å². The van der Waals surface area contributed by atoms with Gasteiger partial charge in [-0.15, -0.1) is 0 Å². The zero-order valence-corrected chi connectivity index (χ0v) is 16.4. The zero-order chi connectivity index (χ0) is 19.1. The lowest BCUT2D eigenvalue weighted by atomic mass is 9.94. The van der Waals surface area contributed by atoms with Crippen LogP contribution in [0.15, 0.2) is 54.6 Å². The molecule has 0 saturated carbocycles. The van der Waals surface area contributed by atoms with Gasteiger partial charge in [0.05, 0.1) is 25.7 Å². The Morgan fingerprint density at radius 3 is 2.48 bits per heavy atom. The van der Waals surface area contributed by atoms with Gasteiger partial charge in [0.1, 0.15) is 12.3 Å². The molecule has 2 N–H and O–H groups in total. The normalized spacial score (nSPS) is 20.7. The van der Waals surface area contributed by atoms with E-state index in [9.17, 15) is 4.79 Å². The highest BCUT2D eigenvalue weighted by Crippen LogP contribution is 2.18. The molecule has 4 heteroatoms. The van der Waals surface area contributed by atoms with Gasteiger partial charge >= 0.3 is 0 Å². The van der Waals surface area contributed by atoms with Gasteiger partial charge in [-0.3, -0.25) is 4.79 Å². The molecule has 0 spiro atoms. The van der Waals surface area contributed by atoms with Crippen LogP contribution in [0.25, 0.3) is 0 Å². The molecule has 1 aliphatic heterocycles. The fourth-order valence-corrected chi connectivity index (χ4v) is 3.84. The second-order valence-corrected chi connectivity index (χ2v) is 7.38. The molecule has 1 fully saturated rings. The lowest BCUT2D eigenvalue weighted by Crippen LogP contribution is -3.11. The first-order valence-electron chi connectivity index (χ1n) is 10.1. The van der Waals surface area contributed by atoms with Crippen LogP contribution in [0.1, 0.15) is 43.9 Å². The second kappa shape index (κ2) is 9.56. The fourth-order valence-electron chi connectivity index (χ4n) is 3.84. The molecule has 2 aromatic rings. The maximum atomic E-state index is 12.6. The zero-order valence-electron chi connectivity index (χ0n) is 16.4. The van der Waals surface area contributed by atoms with Crippen LogP contribution in [-0.2, 0) is 11.3 Å². The lowest BCUT2D eigenvalue weighted by Gasteiger charge is -2.29. The molecule has 0 unspecified atom stereocenters. The Bertz CT molecular complexity index is 724. The van der Waals surface area contributed by atoms with Crippen molar-refractivity contribution < 1.29 is 14.4 Å². The molecular formula is C23H31N2O2+. The average Bonchev–Trinajstić information content (AvgIpc) is 2.71. The minimum atomic E-state index is 0.0575. The highest BCUT2D eigenvalue weighted by molar-refractivity contribution is 5.79. The number of nitrogens with one attached hydrogen (secondary N) is 2. The SMILES string of the molecule is CCOc1ccccc1C[NH+]1CCC(C(=O)N[C@H](C)c2ccccc2)CC1. The van der Waals surface area contributed by atoms with Crippen LogP contribution in [0.5, 0.6) is 5.75 Å². The third kappa shape index (κ3) is 5.33. The summed E-state index contributed by atoms with van der Waals surface area (Å²) in [6.07, 6.45) is 1.89. The molecule has 4 nitrogen and oxygen atoms in total. The number of piperidine rings is 1. The van der Waals surface area contributed by atoms with Gasteiger partial charge < -0.3 is 15.0 Å². The van der Waals surface area contributed by atoms with E-state index in [1.807, 2.05) is 37.3 Å². The molecule has 1 saturated heterocycles. The first-order chi connectivity index (χ1) is 13.2.